The molecule has 2 saturated heterocycles. The molecule has 0 unspecified atom stereocenters. The van der Waals surface area contributed by atoms with Gasteiger partial charge >= 0.3 is 0 Å². The highest BCUT2D eigenvalue weighted by molar-refractivity contribution is 5.95. The summed E-state index contributed by atoms with van der Waals surface area (Å²) in [4.78, 5) is 17.5. The predicted octanol–water partition coefficient (Wildman–Crippen LogP) is 4.36. The summed E-state index contributed by atoms with van der Waals surface area (Å²) in [5.41, 5.74) is 4.37. The maximum absolute atomic E-state index is 13.2. The molecular weight excluding hydrogens is 374 g/mol. The SMILES string of the molecule is CC(C)c1ccc(N[C@@H]2CCCN(C(=O)c3cccc(N4CCOCC4)c3)C2)cc1. The number of benzene rings is 2. The molecule has 0 aliphatic carbocycles. The van der Waals surface area contributed by atoms with Gasteiger partial charge in [-0.05, 0) is 54.7 Å². The third kappa shape index (κ3) is 4.96. The molecule has 2 aromatic carbocycles. The number of morpholine rings is 1. The van der Waals surface area contributed by atoms with E-state index < -0.39 is 0 Å². The number of piperidine rings is 1. The van der Waals surface area contributed by atoms with Crippen LogP contribution in [-0.4, -0.2) is 56.2 Å². The number of nitrogens with zero attached hydrogens (tertiary/aromatic N) is 2. The van der Waals surface area contributed by atoms with Crippen molar-refractivity contribution in [3.63, 3.8) is 0 Å². The van der Waals surface area contributed by atoms with Gasteiger partial charge < -0.3 is 19.9 Å². The number of rotatable bonds is 5. The molecule has 30 heavy (non-hydrogen) atoms. The van der Waals surface area contributed by atoms with Crippen molar-refractivity contribution in [1.29, 1.82) is 0 Å². The van der Waals surface area contributed by atoms with Gasteiger partial charge in [-0.15, -0.1) is 0 Å². The summed E-state index contributed by atoms with van der Waals surface area (Å²) in [7, 11) is 0. The minimum atomic E-state index is 0.131. The summed E-state index contributed by atoms with van der Waals surface area (Å²) in [6, 6.07) is 17.0. The van der Waals surface area contributed by atoms with Crippen LogP contribution in [0.1, 0.15) is 48.5 Å². The largest absolute Gasteiger partial charge is 0.381 e. The first-order valence-electron chi connectivity index (χ1n) is 11.2. The lowest BCUT2D eigenvalue weighted by Crippen LogP contribution is -2.45. The van der Waals surface area contributed by atoms with E-state index in [1.54, 1.807) is 0 Å². The monoisotopic (exact) mass is 407 g/mol. The van der Waals surface area contributed by atoms with Gasteiger partial charge in [0.1, 0.15) is 0 Å². The number of amides is 1. The van der Waals surface area contributed by atoms with E-state index >= 15 is 0 Å². The van der Waals surface area contributed by atoms with Crippen molar-refractivity contribution < 1.29 is 9.53 Å². The summed E-state index contributed by atoms with van der Waals surface area (Å²) < 4.78 is 5.45. The lowest BCUT2D eigenvalue weighted by atomic mass is 10.0. The van der Waals surface area contributed by atoms with Crippen molar-refractivity contribution in [3.05, 3.63) is 59.7 Å². The molecule has 1 amide bonds. The Morgan fingerprint density at radius 3 is 2.57 bits per heavy atom. The lowest BCUT2D eigenvalue weighted by molar-refractivity contribution is 0.0715. The van der Waals surface area contributed by atoms with Gasteiger partial charge in [-0.2, -0.15) is 0 Å². The van der Waals surface area contributed by atoms with Crippen molar-refractivity contribution in [2.24, 2.45) is 0 Å². The average Bonchev–Trinajstić information content (AvgIpc) is 2.80. The molecule has 5 nitrogen and oxygen atoms in total. The summed E-state index contributed by atoms with van der Waals surface area (Å²) in [6.07, 6.45) is 2.11. The van der Waals surface area contributed by atoms with Crippen LogP contribution < -0.4 is 10.2 Å². The molecule has 4 rings (SSSR count). The fourth-order valence-corrected chi connectivity index (χ4v) is 4.32. The normalized spacial score (nSPS) is 19.8. The minimum Gasteiger partial charge on any atom is -0.381 e. The minimum absolute atomic E-state index is 0.131. The molecule has 2 aliphatic heterocycles. The van der Waals surface area contributed by atoms with Gasteiger partial charge in [0.25, 0.3) is 5.91 Å². The molecule has 2 heterocycles. The summed E-state index contributed by atoms with van der Waals surface area (Å²) >= 11 is 0. The quantitative estimate of drug-likeness (QED) is 0.800. The number of hydrogen-bond acceptors (Lipinski definition) is 4. The maximum Gasteiger partial charge on any atom is 0.253 e. The van der Waals surface area contributed by atoms with Gasteiger partial charge in [0.2, 0.25) is 0 Å². The molecule has 160 valence electrons. The van der Waals surface area contributed by atoms with Gasteiger partial charge in [0.15, 0.2) is 0 Å². The highest BCUT2D eigenvalue weighted by atomic mass is 16.5. The Morgan fingerprint density at radius 2 is 1.83 bits per heavy atom. The van der Waals surface area contributed by atoms with E-state index in [1.807, 2.05) is 23.1 Å². The van der Waals surface area contributed by atoms with Gasteiger partial charge in [0.05, 0.1) is 13.2 Å². The second-order valence-corrected chi connectivity index (χ2v) is 8.66. The predicted molar refractivity (Wildman–Crippen MR) is 123 cm³/mol. The maximum atomic E-state index is 13.2. The Bertz CT molecular complexity index is 844. The zero-order chi connectivity index (χ0) is 20.9. The number of anilines is 2. The van der Waals surface area contributed by atoms with Gasteiger partial charge in [-0.1, -0.05) is 32.0 Å². The van der Waals surface area contributed by atoms with Crippen molar-refractivity contribution in [2.45, 2.75) is 38.6 Å². The van der Waals surface area contributed by atoms with E-state index in [1.165, 1.54) is 5.56 Å². The molecule has 2 fully saturated rings. The second kappa shape index (κ2) is 9.52. The van der Waals surface area contributed by atoms with Crippen LogP contribution in [0.2, 0.25) is 0 Å². The molecule has 0 saturated carbocycles. The molecule has 5 heteroatoms. The first-order valence-corrected chi connectivity index (χ1v) is 11.2. The summed E-state index contributed by atoms with van der Waals surface area (Å²) in [5, 5.41) is 3.63. The van der Waals surface area contributed by atoms with Crippen LogP contribution in [0.25, 0.3) is 0 Å². The van der Waals surface area contributed by atoms with Crippen LogP contribution >= 0.6 is 0 Å². The molecule has 0 bridgehead atoms. The van der Waals surface area contributed by atoms with Crippen molar-refractivity contribution in [2.75, 3.05) is 49.6 Å². The molecule has 0 aromatic heterocycles. The zero-order valence-electron chi connectivity index (χ0n) is 18.1. The van der Waals surface area contributed by atoms with Crippen molar-refractivity contribution in [3.8, 4) is 0 Å². The molecule has 0 radical (unpaired) electrons. The topological polar surface area (TPSA) is 44.8 Å². The van der Waals surface area contributed by atoms with Crippen LogP contribution in [0.3, 0.4) is 0 Å². The van der Waals surface area contributed by atoms with Crippen LogP contribution in [0.4, 0.5) is 11.4 Å². The van der Waals surface area contributed by atoms with E-state index in [0.717, 1.165) is 69.2 Å². The highest BCUT2D eigenvalue weighted by Crippen LogP contribution is 2.23. The fourth-order valence-electron chi connectivity index (χ4n) is 4.32. The fraction of sp³-hybridized carbons (Fsp3) is 0.480. The van der Waals surface area contributed by atoms with Crippen LogP contribution in [0, 0.1) is 0 Å². The standard InChI is InChI=1S/C25H33N3O2/c1-19(2)20-8-10-22(11-9-20)26-23-6-4-12-28(18-23)25(29)21-5-3-7-24(17-21)27-13-15-30-16-14-27/h3,5,7-11,17,19,23,26H,4,6,12-16,18H2,1-2H3/t23-/m1/s1. The Kier molecular flexibility index (Phi) is 6.58. The van der Waals surface area contributed by atoms with Crippen molar-refractivity contribution in [1.82, 2.24) is 4.90 Å². The van der Waals surface area contributed by atoms with Gasteiger partial charge in [-0.3, -0.25) is 4.79 Å². The van der Waals surface area contributed by atoms with Gasteiger partial charge in [-0.25, -0.2) is 0 Å². The smallest absolute Gasteiger partial charge is 0.253 e. The Balaban J connectivity index is 1.39. The number of nitrogens with one attached hydrogen (secondary N) is 1. The number of carbonyl (C=O) groups is 1. The number of ether oxygens (including phenoxy) is 1. The molecule has 1 atom stereocenters. The van der Waals surface area contributed by atoms with Crippen LogP contribution in [0.15, 0.2) is 48.5 Å². The number of carbonyl (C=O) groups excluding carboxylic acids is 1. The van der Waals surface area contributed by atoms with E-state index in [-0.39, 0.29) is 11.9 Å². The Hall–Kier alpha value is -2.53. The summed E-state index contributed by atoms with van der Waals surface area (Å²) in [5.74, 6) is 0.668. The first-order chi connectivity index (χ1) is 14.6. The van der Waals surface area contributed by atoms with Crippen LogP contribution in [0.5, 0.6) is 0 Å². The molecule has 2 aliphatic rings. The van der Waals surface area contributed by atoms with E-state index in [4.69, 9.17) is 4.74 Å². The first kappa shape index (κ1) is 20.7. The van der Waals surface area contributed by atoms with Gasteiger partial charge in [0, 0.05) is 49.2 Å². The highest BCUT2D eigenvalue weighted by Gasteiger charge is 2.25. The third-order valence-electron chi connectivity index (χ3n) is 6.13. The lowest BCUT2D eigenvalue weighted by Gasteiger charge is -2.34. The molecule has 0 spiro atoms. The second-order valence-electron chi connectivity index (χ2n) is 8.66. The van der Waals surface area contributed by atoms with E-state index in [9.17, 15) is 4.79 Å². The average molecular weight is 408 g/mol. The van der Waals surface area contributed by atoms with E-state index in [0.29, 0.717) is 5.92 Å². The van der Waals surface area contributed by atoms with Crippen LogP contribution in [-0.2, 0) is 4.74 Å². The molecule has 1 N–H and O–H groups in total. The summed E-state index contributed by atoms with van der Waals surface area (Å²) in [6.45, 7) is 9.23. The third-order valence-corrected chi connectivity index (χ3v) is 6.13. The molecule has 2 aromatic rings. The Morgan fingerprint density at radius 1 is 1.07 bits per heavy atom. The number of hydrogen-bond donors (Lipinski definition) is 1. The van der Waals surface area contributed by atoms with Crippen molar-refractivity contribution >= 4 is 17.3 Å². The van der Waals surface area contributed by atoms with E-state index in [2.05, 4.69) is 54.4 Å². The molecular formula is C25H33N3O2. The number of likely N-dealkylation sites (tertiary alicyclic amines) is 1. The Labute approximate surface area is 180 Å². The zero-order valence-corrected chi connectivity index (χ0v) is 18.1.